The normalized spacial score (nSPS) is 12.2. The second-order valence-electron chi connectivity index (χ2n) is 5.21. The van der Waals surface area contributed by atoms with Crippen LogP contribution >= 0.6 is 0 Å². The lowest BCUT2D eigenvalue weighted by Gasteiger charge is -2.18. The maximum atomic E-state index is 12.1. The molecule has 0 saturated carbocycles. The van der Waals surface area contributed by atoms with E-state index in [1.807, 2.05) is 50.1 Å². The van der Waals surface area contributed by atoms with Crippen molar-refractivity contribution in [1.82, 2.24) is 9.78 Å². The second-order valence-corrected chi connectivity index (χ2v) is 5.21. The van der Waals surface area contributed by atoms with Gasteiger partial charge in [0.15, 0.2) is 0 Å². The number of aromatic nitrogens is 2. The molecule has 0 amide bonds. The smallest absolute Gasteiger partial charge is 0.268 e. The van der Waals surface area contributed by atoms with Gasteiger partial charge in [-0.15, -0.1) is 0 Å². The van der Waals surface area contributed by atoms with E-state index in [2.05, 4.69) is 5.10 Å². The van der Waals surface area contributed by atoms with Crippen molar-refractivity contribution in [2.75, 3.05) is 18.5 Å². The molecular weight excluding hydrogens is 264 g/mol. The Hall–Kier alpha value is -2.14. The number of aryl methyl sites for hydroxylation is 1. The van der Waals surface area contributed by atoms with E-state index in [4.69, 9.17) is 5.73 Å². The summed E-state index contributed by atoms with van der Waals surface area (Å²) < 4.78 is 1.42. The third-order valence-corrected chi connectivity index (χ3v) is 3.73. The van der Waals surface area contributed by atoms with Crippen LogP contribution in [-0.4, -0.2) is 23.4 Å². The number of nitrogens with two attached hydrogens (primary N) is 1. The van der Waals surface area contributed by atoms with E-state index >= 15 is 0 Å². The molecule has 0 fully saturated rings. The van der Waals surface area contributed by atoms with Crippen molar-refractivity contribution >= 4 is 5.69 Å². The molecule has 0 aliphatic heterocycles. The minimum atomic E-state index is -0.244. The predicted molar refractivity (Wildman–Crippen MR) is 85.5 cm³/mol. The van der Waals surface area contributed by atoms with Crippen LogP contribution in [0.5, 0.6) is 0 Å². The molecule has 1 aromatic carbocycles. The van der Waals surface area contributed by atoms with Crippen LogP contribution < -0.4 is 16.2 Å². The molecule has 0 saturated heterocycles. The number of rotatable bonds is 5. The second kappa shape index (κ2) is 6.54. The van der Waals surface area contributed by atoms with Crippen LogP contribution in [0.3, 0.4) is 0 Å². The molecule has 1 atom stereocenters. The Morgan fingerprint density at radius 2 is 2.10 bits per heavy atom. The quantitative estimate of drug-likeness (QED) is 0.909. The van der Waals surface area contributed by atoms with Crippen LogP contribution in [0.4, 0.5) is 5.69 Å². The Bertz CT molecular complexity index is 665. The van der Waals surface area contributed by atoms with Gasteiger partial charge in [-0.2, -0.15) is 5.10 Å². The van der Waals surface area contributed by atoms with E-state index in [1.165, 1.54) is 4.68 Å². The summed E-state index contributed by atoms with van der Waals surface area (Å²) in [6.45, 7) is 5.25. The summed E-state index contributed by atoms with van der Waals surface area (Å²) in [4.78, 5) is 14.1. The summed E-state index contributed by atoms with van der Waals surface area (Å²) in [6, 6.07) is 9.30. The average molecular weight is 286 g/mol. The fraction of sp³-hybridized carbons (Fsp3) is 0.375. The zero-order valence-electron chi connectivity index (χ0n) is 12.8. The molecular formula is C16H22N4O. The summed E-state index contributed by atoms with van der Waals surface area (Å²) in [6.07, 6.45) is 1.70. The van der Waals surface area contributed by atoms with Crippen molar-refractivity contribution in [1.29, 1.82) is 0 Å². The fourth-order valence-corrected chi connectivity index (χ4v) is 2.24. The monoisotopic (exact) mass is 286 g/mol. The molecule has 0 aliphatic carbocycles. The highest BCUT2D eigenvalue weighted by Crippen LogP contribution is 2.16. The molecule has 0 bridgehead atoms. The molecule has 1 unspecified atom stereocenters. The average Bonchev–Trinajstić information content (AvgIpc) is 2.48. The van der Waals surface area contributed by atoms with Gasteiger partial charge in [0, 0.05) is 25.7 Å². The number of benzene rings is 1. The lowest BCUT2D eigenvalue weighted by molar-refractivity contribution is 0.502. The third kappa shape index (κ3) is 3.49. The Balaban J connectivity index is 2.20. The van der Waals surface area contributed by atoms with Gasteiger partial charge < -0.3 is 10.6 Å². The van der Waals surface area contributed by atoms with Gasteiger partial charge in [0.05, 0.1) is 18.4 Å². The molecule has 21 heavy (non-hydrogen) atoms. The zero-order chi connectivity index (χ0) is 15.4. The van der Waals surface area contributed by atoms with Crippen LogP contribution in [0.1, 0.15) is 24.1 Å². The first kappa shape index (κ1) is 15.3. The van der Waals surface area contributed by atoms with Gasteiger partial charge in [0.25, 0.3) is 5.56 Å². The number of hydrogen-bond donors (Lipinski definition) is 1. The highest BCUT2D eigenvalue weighted by molar-refractivity contribution is 5.41. The van der Waals surface area contributed by atoms with E-state index in [0.717, 1.165) is 23.4 Å². The van der Waals surface area contributed by atoms with Crippen LogP contribution in [0.25, 0.3) is 0 Å². The molecule has 5 nitrogen and oxygen atoms in total. The minimum Gasteiger partial charge on any atom is -0.373 e. The van der Waals surface area contributed by atoms with Crippen LogP contribution in [0.2, 0.25) is 0 Å². The molecule has 2 rings (SSSR count). The van der Waals surface area contributed by atoms with E-state index < -0.39 is 0 Å². The van der Waals surface area contributed by atoms with Gasteiger partial charge in [-0.3, -0.25) is 4.79 Å². The lowest BCUT2D eigenvalue weighted by atomic mass is 10.0. The minimum absolute atomic E-state index is 0.128. The predicted octanol–water partition coefficient (Wildman–Crippen LogP) is 1.71. The summed E-state index contributed by atoms with van der Waals surface area (Å²) in [5, 5.41) is 4.22. The van der Waals surface area contributed by atoms with Crippen molar-refractivity contribution in [3.05, 3.63) is 58.0 Å². The summed E-state index contributed by atoms with van der Waals surface area (Å²) >= 11 is 0. The van der Waals surface area contributed by atoms with Crippen LogP contribution in [-0.2, 0) is 6.54 Å². The maximum Gasteiger partial charge on any atom is 0.268 e. The molecule has 5 heteroatoms. The van der Waals surface area contributed by atoms with Crippen molar-refractivity contribution in [2.45, 2.75) is 26.4 Å². The van der Waals surface area contributed by atoms with E-state index in [0.29, 0.717) is 6.54 Å². The molecule has 112 valence electrons. The van der Waals surface area contributed by atoms with Gasteiger partial charge in [0.1, 0.15) is 0 Å². The highest BCUT2D eigenvalue weighted by Gasteiger charge is 2.11. The number of hydrogen-bond acceptors (Lipinski definition) is 4. The summed E-state index contributed by atoms with van der Waals surface area (Å²) in [7, 11) is 1.93. The Kier molecular flexibility index (Phi) is 4.75. The molecule has 2 N–H and O–H groups in total. The number of nitrogens with zero attached hydrogens (tertiary/aromatic N) is 3. The molecule has 0 spiro atoms. The van der Waals surface area contributed by atoms with Gasteiger partial charge in [-0.05, 0) is 25.0 Å². The molecule has 1 aromatic heterocycles. The van der Waals surface area contributed by atoms with Crippen LogP contribution in [0, 0.1) is 6.92 Å². The Morgan fingerprint density at radius 3 is 2.71 bits per heavy atom. The first-order chi connectivity index (χ1) is 10.0. The van der Waals surface area contributed by atoms with Gasteiger partial charge in [-0.1, -0.05) is 24.3 Å². The summed E-state index contributed by atoms with van der Waals surface area (Å²) in [5.41, 5.74) is 9.07. The van der Waals surface area contributed by atoms with E-state index in [9.17, 15) is 4.79 Å². The highest BCUT2D eigenvalue weighted by atomic mass is 16.1. The summed E-state index contributed by atoms with van der Waals surface area (Å²) in [5.74, 6) is 0. The first-order valence-corrected chi connectivity index (χ1v) is 7.12. The zero-order valence-corrected chi connectivity index (χ0v) is 12.8. The lowest BCUT2D eigenvalue weighted by Crippen LogP contribution is -2.30. The fourth-order valence-electron chi connectivity index (χ4n) is 2.24. The topological polar surface area (TPSA) is 64.2 Å². The van der Waals surface area contributed by atoms with Gasteiger partial charge >= 0.3 is 0 Å². The van der Waals surface area contributed by atoms with Gasteiger partial charge in [-0.25, -0.2) is 4.68 Å². The Labute approximate surface area is 125 Å². The maximum absolute atomic E-state index is 12.1. The van der Waals surface area contributed by atoms with E-state index in [1.54, 1.807) is 12.3 Å². The Morgan fingerprint density at radius 1 is 1.38 bits per heavy atom. The van der Waals surface area contributed by atoms with Crippen molar-refractivity contribution in [3.63, 3.8) is 0 Å². The van der Waals surface area contributed by atoms with Crippen molar-refractivity contribution in [3.8, 4) is 0 Å². The largest absolute Gasteiger partial charge is 0.373 e. The SMILES string of the molecule is CCN(C)c1cnn(CC(N)c2ccccc2C)c(=O)c1. The van der Waals surface area contributed by atoms with Crippen LogP contribution in [0.15, 0.2) is 41.3 Å². The van der Waals surface area contributed by atoms with Gasteiger partial charge in [0.2, 0.25) is 0 Å². The molecule has 1 heterocycles. The molecule has 0 radical (unpaired) electrons. The van der Waals surface area contributed by atoms with E-state index in [-0.39, 0.29) is 11.6 Å². The third-order valence-electron chi connectivity index (χ3n) is 3.73. The first-order valence-electron chi connectivity index (χ1n) is 7.12. The molecule has 2 aromatic rings. The standard InChI is InChI=1S/C16H22N4O/c1-4-19(3)13-9-16(21)20(18-10-13)11-15(17)14-8-6-5-7-12(14)2/h5-10,15H,4,11,17H2,1-3H3. The molecule has 0 aliphatic rings. The van der Waals surface area contributed by atoms with Crippen molar-refractivity contribution in [2.24, 2.45) is 5.73 Å². The van der Waals surface area contributed by atoms with Crippen molar-refractivity contribution < 1.29 is 0 Å². The number of anilines is 1.